The number of rotatable bonds is 7. The van der Waals surface area contributed by atoms with Gasteiger partial charge in [-0.25, -0.2) is 0 Å². The number of likely N-dealkylation sites (N-methyl/N-ethyl adjacent to an activating group) is 1. The lowest BCUT2D eigenvalue weighted by Crippen LogP contribution is -2.26. The third-order valence-electron chi connectivity index (χ3n) is 2.13. The van der Waals surface area contributed by atoms with Crippen molar-refractivity contribution in [1.82, 2.24) is 0 Å². The Morgan fingerprint density at radius 2 is 2.27 bits per heavy atom. The summed E-state index contributed by atoms with van der Waals surface area (Å²) in [6.45, 7) is 6.99. The van der Waals surface area contributed by atoms with E-state index in [4.69, 9.17) is 9.15 Å². The van der Waals surface area contributed by atoms with Crippen LogP contribution in [0.3, 0.4) is 0 Å². The summed E-state index contributed by atoms with van der Waals surface area (Å²) >= 11 is 0. The molecule has 0 aliphatic heterocycles. The molecule has 15 heavy (non-hydrogen) atoms. The summed E-state index contributed by atoms with van der Waals surface area (Å²) in [5.41, 5.74) is 0. The van der Waals surface area contributed by atoms with E-state index in [0.29, 0.717) is 18.7 Å². The van der Waals surface area contributed by atoms with E-state index in [0.717, 1.165) is 25.6 Å². The predicted molar refractivity (Wildman–Crippen MR) is 58.5 cm³/mol. The van der Waals surface area contributed by atoms with Gasteiger partial charge in [0, 0.05) is 25.8 Å². The molecule has 0 radical (unpaired) electrons. The third kappa shape index (κ3) is 3.40. The standard InChI is InChI=1S/C11H17NO3/c1-3-12(7-8-14-4-2)11-6-5-10(9-13)15-11/h5-6,9H,3-4,7-8H2,1-2H3. The van der Waals surface area contributed by atoms with E-state index in [-0.39, 0.29) is 0 Å². The van der Waals surface area contributed by atoms with Crippen molar-refractivity contribution in [3.8, 4) is 0 Å². The van der Waals surface area contributed by atoms with E-state index in [9.17, 15) is 4.79 Å². The maximum absolute atomic E-state index is 10.5. The molecule has 1 rings (SSSR count). The van der Waals surface area contributed by atoms with Gasteiger partial charge >= 0.3 is 0 Å². The van der Waals surface area contributed by atoms with Crippen LogP contribution in [0.5, 0.6) is 0 Å². The number of hydrogen-bond acceptors (Lipinski definition) is 4. The maximum Gasteiger partial charge on any atom is 0.196 e. The van der Waals surface area contributed by atoms with Gasteiger partial charge in [-0.2, -0.15) is 0 Å². The molecule has 0 aliphatic carbocycles. The summed E-state index contributed by atoms with van der Waals surface area (Å²) < 4.78 is 10.6. The van der Waals surface area contributed by atoms with Gasteiger partial charge in [0.05, 0.1) is 6.61 Å². The van der Waals surface area contributed by atoms with Crippen molar-refractivity contribution in [2.45, 2.75) is 13.8 Å². The van der Waals surface area contributed by atoms with Crippen LogP contribution in [0.15, 0.2) is 16.5 Å². The van der Waals surface area contributed by atoms with Crippen molar-refractivity contribution in [3.63, 3.8) is 0 Å². The molecular formula is C11H17NO3. The minimum atomic E-state index is 0.361. The Morgan fingerprint density at radius 1 is 1.47 bits per heavy atom. The van der Waals surface area contributed by atoms with Crippen LogP contribution in [-0.2, 0) is 4.74 Å². The molecule has 1 heterocycles. The molecule has 0 saturated carbocycles. The number of carbonyl (C=O) groups excluding carboxylic acids is 1. The second-order valence-electron chi connectivity index (χ2n) is 3.07. The fraction of sp³-hybridized carbons (Fsp3) is 0.545. The monoisotopic (exact) mass is 211 g/mol. The summed E-state index contributed by atoms with van der Waals surface area (Å²) in [6.07, 6.45) is 0.708. The molecule has 0 fully saturated rings. The van der Waals surface area contributed by atoms with Crippen LogP contribution in [0, 0.1) is 0 Å². The quantitative estimate of drug-likeness (QED) is 0.510. The zero-order valence-corrected chi connectivity index (χ0v) is 9.23. The minimum absolute atomic E-state index is 0.361. The van der Waals surface area contributed by atoms with E-state index in [1.165, 1.54) is 0 Å². The van der Waals surface area contributed by atoms with Crippen LogP contribution >= 0.6 is 0 Å². The predicted octanol–water partition coefficient (Wildman–Crippen LogP) is 1.95. The Balaban J connectivity index is 2.53. The molecule has 0 spiro atoms. The average molecular weight is 211 g/mol. The number of carbonyl (C=O) groups is 1. The van der Waals surface area contributed by atoms with Crippen LogP contribution < -0.4 is 4.90 Å². The highest BCUT2D eigenvalue weighted by atomic mass is 16.5. The third-order valence-corrected chi connectivity index (χ3v) is 2.13. The Kier molecular flexibility index (Phi) is 4.90. The fourth-order valence-electron chi connectivity index (χ4n) is 1.32. The van der Waals surface area contributed by atoms with Crippen molar-refractivity contribution < 1.29 is 13.9 Å². The topological polar surface area (TPSA) is 42.7 Å². The van der Waals surface area contributed by atoms with Crippen LogP contribution in [0.25, 0.3) is 0 Å². The molecule has 0 saturated heterocycles. The van der Waals surface area contributed by atoms with Gasteiger partial charge in [0.1, 0.15) is 0 Å². The lowest BCUT2D eigenvalue weighted by atomic mass is 10.4. The first-order valence-electron chi connectivity index (χ1n) is 5.19. The molecule has 0 amide bonds. The zero-order valence-electron chi connectivity index (χ0n) is 9.23. The van der Waals surface area contributed by atoms with Gasteiger partial charge < -0.3 is 14.1 Å². The van der Waals surface area contributed by atoms with Crippen LogP contribution in [-0.4, -0.2) is 32.6 Å². The molecule has 4 nitrogen and oxygen atoms in total. The summed E-state index contributed by atoms with van der Waals surface area (Å²) in [6, 6.07) is 3.48. The molecule has 0 unspecified atom stereocenters. The van der Waals surface area contributed by atoms with E-state index < -0.39 is 0 Å². The highest BCUT2D eigenvalue weighted by Crippen LogP contribution is 2.16. The van der Waals surface area contributed by atoms with E-state index in [1.54, 1.807) is 12.1 Å². The van der Waals surface area contributed by atoms with Crippen LogP contribution in [0.1, 0.15) is 24.4 Å². The summed E-state index contributed by atoms with van der Waals surface area (Å²) in [5.74, 6) is 1.08. The van der Waals surface area contributed by atoms with Gasteiger partial charge in [0.25, 0.3) is 0 Å². The summed E-state index contributed by atoms with van der Waals surface area (Å²) in [5, 5.41) is 0. The first-order chi connectivity index (χ1) is 7.31. The average Bonchev–Trinajstić information content (AvgIpc) is 2.73. The SMILES string of the molecule is CCOCCN(CC)c1ccc(C=O)o1. The lowest BCUT2D eigenvalue weighted by molar-refractivity contribution is 0.110. The lowest BCUT2D eigenvalue weighted by Gasteiger charge is -2.19. The minimum Gasteiger partial charge on any atom is -0.438 e. The number of hydrogen-bond donors (Lipinski definition) is 0. The Bertz CT molecular complexity index is 296. The largest absolute Gasteiger partial charge is 0.438 e. The number of aldehydes is 1. The Labute approximate surface area is 89.8 Å². The molecule has 0 aromatic carbocycles. The van der Waals surface area contributed by atoms with Gasteiger partial charge in [0.15, 0.2) is 17.9 Å². The second kappa shape index (κ2) is 6.24. The van der Waals surface area contributed by atoms with Gasteiger partial charge in [-0.15, -0.1) is 0 Å². The summed E-state index contributed by atoms with van der Waals surface area (Å²) in [7, 11) is 0. The van der Waals surface area contributed by atoms with Crippen molar-refractivity contribution in [3.05, 3.63) is 17.9 Å². The maximum atomic E-state index is 10.5. The molecule has 0 bridgehead atoms. The van der Waals surface area contributed by atoms with E-state index in [2.05, 4.69) is 0 Å². The molecule has 0 aliphatic rings. The van der Waals surface area contributed by atoms with Crippen molar-refractivity contribution in [1.29, 1.82) is 0 Å². The van der Waals surface area contributed by atoms with Gasteiger partial charge in [-0.05, 0) is 19.9 Å². The molecule has 0 atom stereocenters. The smallest absolute Gasteiger partial charge is 0.196 e. The highest BCUT2D eigenvalue weighted by molar-refractivity contribution is 5.71. The number of ether oxygens (including phenoxy) is 1. The van der Waals surface area contributed by atoms with Crippen molar-refractivity contribution in [2.24, 2.45) is 0 Å². The molecule has 84 valence electrons. The first-order valence-corrected chi connectivity index (χ1v) is 5.19. The highest BCUT2D eigenvalue weighted by Gasteiger charge is 2.08. The van der Waals surface area contributed by atoms with E-state index in [1.807, 2.05) is 18.7 Å². The molecule has 0 N–H and O–H groups in total. The zero-order chi connectivity index (χ0) is 11.1. The normalized spacial score (nSPS) is 10.3. The number of furan rings is 1. The van der Waals surface area contributed by atoms with Crippen LogP contribution in [0.2, 0.25) is 0 Å². The van der Waals surface area contributed by atoms with Gasteiger partial charge in [0.2, 0.25) is 0 Å². The Morgan fingerprint density at radius 3 is 2.80 bits per heavy atom. The molecule has 4 heteroatoms. The van der Waals surface area contributed by atoms with Crippen molar-refractivity contribution in [2.75, 3.05) is 31.2 Å². The second-order valence-corrected chi connectivity index (χ2v) is 3.07. The molecular weight excluding hydrogens is 194 g/mol. The van der Waals surface area contributed by atoms with Crippen molar-refractivity contribution >= 4 is 12.2 Å². The molecule has 1 aromatic heterocycles. The first kappa shape index (κ1) is 11.8. The van der Waals surface area contributed by atoms with Crippen LogP contribution in [0.4, 0.5) is 5.88 Å². The van der Waals surface area contributed by atoms with Gasteiger partial charge in [-0.1, -0.05) is 0 Å². The Hall–Kier alpha value is -1.29. The van der Waals surface area contributed by atoms with Gasteiger partial charge in [-0.3, -0.25) is 4.79 Å². The van der Waals surface area contributed by atoms with E-state index >= 15 is 0 Å². The number of nitrogens with zero attached hydrogens (tertiary/aromatic N) is 1. The number of anilines is 1. The fourth-order valence-corrected chi connectivity index (χ4v) is 1.32. The summed E-state index contributed by atoms with van der Waals surface area (Å²) in [4.78, 5) is 12.5. The molecule has 1 aromatic rings.